The Balaban J connectivity index is 0.000000259. The van der Waals surface area contributed by atoms with Crippen molar-refractivity contribution >= 4 is 67.4 Å². The molecule has 2 aromatic rings. The first-order chi connectivity index (χ1) is 25.5. The van der Waals surface area contributed by atoms with Gasteiger partial charge in [-0.15, -0.1) is 0 Å². The van der Waals surface area contributed by atoms with Crippen molar-refractivity contribution in [1.82, 2.24) is 9.80 Å². The van der Waals surface area contributed by atoms with E-state index in [4.69, 9.17) is 30.4 Å². The molecular formula is C38H58BClN4O10S2. The monoisotopic (exact) mass is 840 g/mol. The maximum Gasteiger partial charge on any atom is 0.494 e. The van der Waals surface area contributed by atoms with Gasteiger partial charge in [0.2, 0.25) is 0 Å². The van der Waals surface area contributed by atoms with Crippen LogP contribution in [0, 0.1) is 0 Å². The fourth-order valence-corrected chi connectivity index (χ4v) is 8.26. The standard InChI is InChI=1S/C22H35BN2O6S.C16H23ClN2O4S/c1-20(2,3)29-19(26)25-13-11-24(12-14-25)17-10-9-16(15-18(17)32(8,27)28)23-30-21(4,5)22(6,7)31-23;1-16(2,3)23-15(20)19-9-7-18(8-10-19)13-6-5-12(17)11-14(13)24(4,21)22/h9-10,15H,11-14H2,1-8H3;5-6,11H,7-10H2,1-4H3. The Hall–Kier alpha value is -3.25. The van der Waals surface area contributed by atoms with Gasteiger partial charge < -0.3 is 38.4 Å². The summed E-state index contributed by atoms with van der Waals surface area (Å²) >= 11 is 5.94. The zero-order valence-corrected chi connectivity index (χ0v) is 37.2. The third-order valence-corrected chi connectivity index (χ3v) is 12.3. The molecule has 3 heterocycles. The molecule has 56 heavy (non-hydrogen) atoms. The Morgan fingerprint density at radius 2 is 1.00 bits per heavy atom. The number of ether oxygens (including phenoxy) is 2. The van der Waals surface area contributed by atoms with Crippen LogP contribution in [0.5, 0.6) is 0 Å². The average Bonchev–Trinajstić information content (AvgIpc) is 3.28. The number of piperazine rings is 2. The zero-order chi connectivity index (χ0) is 42.2. The third kappa shape index (κ3) is 11.7. The summed E-state index contributed by atoms with van der Waals surface area (Å²) in [7, 11) is -7.53. The van der Waals surface area contributed by atoms with E-state index in [2.05, 4.69) is 0 Å². The van der Waals surface area contributed by atoms with E-state index < -0.39 is 49.2 Å². The Morgan fingerprint density at radius 3 is 1.36 bits per heavy atom. The van der Waals surface area contributed by atoms with Gasteiger partial charge in [-0.05, 0) is 105 Å². The van der Waals surface area contributed by atoms with Gasteiger partial charge in [0.15, 0.2) is 19.7 Å². The second-order valence-corrected chi connectivity index (χ2v) is 21.8. The van der Waals surface area contributed by atoms with Crippen molar-refractivity contribution in [1.29, 1.82) is 0 Å². The summed E-state index contributed by atoms with van der Waals surface area (Å²) in [6.07, 6.45) is 1.67. The number of rotatable bonds is 5. The topological polar surface area (TPSA) is 152 Å². The van der Waals surface area contributed by atoms with Crippen molar-refractivity contribution < 1.29 is 45.2 Å². The number of halogens is 1. The average molecular weight is 841 g/mol. The zero-order valence-electron chi connectivity index (χ0n) is 34.8. The first kappa shape index (κ1) is 45.5. The number of benzene rings is 2. The molecule has 3 aliphatic rings. The molecule has 18 heteroatoms. The lowest BCUT2D eigenvalue weighted by Crippen LogP contribution is -2.50. The molecule has 0 unspecified atom stereocenters. The molecule has 3 fully saturated rings. The van der Waals surface area contributed by atoms with Crippen molar-refractivity contribution in [2.45, 2.75) is 101 Å². The molecule has 2 aromatic carbocycles. The third-order valence-electron chi connectivity index (χ3n) is 9.77. The highest BCUT2D eigenvalue weighted by molar-refractivity contribution is 7.91. The molecular weight excluding hydrogens is 783 g/mol. The molecule has 2 amide bonds. The minimum absolute atomic E-state index is 0.209. The summed E-state index contributed by atoms with van der Waals surface area (Å²) in [6.45, 7) is 22.8. The number of hydrogen-bond acceptors (Lipinski definition) is 12. The van der Waals surface area contributed by atoms with E-state index in [9.17, 15) is 26.4 Å². The van der Waals surface area contributed by atoms with Crippen LogP contribution in [0.1, 0.15) is 69.2 Å². The molecule has 0 radical (unpaired) electrons. The van der Waals surface area contributed by atoms with Crippen molar-refractivity contribution in [3.63, 3.8) is 0 Å². The van der Waals surface area contributed by atoms with E-state index in [0.29, 0.717) is 74.2 Å². The number of carbonyl (C=O) groups is 2. The van der Waals surface area contributed by atoms with Gasteiger partial charge in [-0.3, -0.25) is 0 Å². The maximum absolute atomic E-state index is 12.7. The highest BCUT2D eigenvalue weighted by Gasteiger charge is 2.52. The quantitative estimate of drug-likeness (QED) is 0.362. The number of amides is 2. The molecule has 0 aromatic heterocycles. The van der Waals surface area contributed by atoms with Crippen LogP contribution in [0.15, 0.2) is 46.2 Å². The smallest absolute Gasteiger partial charge is 0.444 e. The summed E-state index contributed by atoms with van der Waals surface area (Å²) < 4.78 is 72.3. The lowest BCUT2D eigenvalue weighted by molar-refractivity contribution is 0.00578. The SMILES string of the molecule is CC(C)(C)OC(=O)N1CCN(c2ccc(B3OC(C)(C)C(C)(C)O3)cc2S(C)(=O)=O)CC1.CC(C)(C)OC(=O)N1CCN(c2ccc(Cl)cc2S(C)(=O)=O)CC1. The predicted octanol–water partition coefficient (Wildman–Crippen LogP) is 5.25. The molecule has 312 valence electrons. The maximum atomic E-state index is 12.7. The molecule has 14 nitrogen and oxygen atoms in total. The van der Waals surface area contributed by atoms with E-state index in [-0.39, 0.29) is 22.0 Å². The van der Waals surface area contributed by atoms with E-state index in [0.717, 1.165) is 0 Å². The van der Waals surface area contributed by atoms with E-state index >= 15 is 0 Å². The second-order valence-electron chi connectivity index (χ2n) is 17.4. The molecule has 5 rings (SSSR count). The molecule has 0 saturated carbocycles. The fraction of sp³-hybridized carbons (Fsp3) is 0.632. The lowest BCUT2D eigenvalue weighted by Gasteiger charge is -2.37. The number of nitrogens with zero attached hydrogens (tertiary/aromatic N) is 4. The van der Waals surface area contributed by atoms with E-state index in [1.807, 2.05) is 85.1 Å². The highest BCUT2D eigenvalue weighted by atomic mass is 35.5. The van der Waals surface area contributed by atoms with Crippen LogP contribution >= 0.6 is 11.6 Å². The summed E-state index contributed by atoms with van der Waals surface area (Å²) in [6, 6.07) is 10.2. The van der Waals surface area contributed by atoms with Gasteiger partial charge in [0.25, 0.3) is 0 Å². The first-order valence-electron chi connectivity index (χ1n) is 18.6. The van der Waals surface area contributed by atoms with Gasteiger partial charge in [0, 0.05) is 69.9 Å². The minimum atomic E-state index is -3.50. The Bertz CT molecular complexity index is 1970. The molecule has 3 aliphatic heterocycles. The van der Waals surface area contributed by atoms with Crippen LogP contribution in [0.4, 0.5) is 21.0 Å². The summed E-state index contributed by atoms with van der Waals surface area (Å²) in [4.78, 5) is 32.1. The normalized spacial score (nSPS) is 19.0. The van der Waals surface area contributed by atoms with Crippen molar-refractivity contribution in [2.24, 2.45) is 0 Å². The number of sulfone groups is 2. The number of hydrogen-bond donors (Lipinski definition) is 0. The van der Waals surface area contributed by atoms with Gasteiger partial charge in [-0.25, -0.2) is 26.4 Å². The minimum Gasteiger partial charge on any atom is -0.444 e. The Morgan fingerprint density at radius 1 is 0.643 bits per heavy atom. The largest absolute Gasteiger partial charge is 0.494 e. The van der Waals surface area contributed by atoms with Crippen molar-refractivity contribution in [2.75, 3.05) is 74.7 Å². The van der Waals surface area contributed by atoms with Crippen LogP contribution in [-0.2, 0) is 38.5 Å². The fourth-order valence-electron chi connectivity index (χ4n) is 6.17. The predicted molar refractivity (Wildman–Crippen MR) is 220 cm³/mol. The van der Waals surface area contributed by atoms with Crippen molar-refractivity contribution in [3.05, 3.63) is 41.4 Å². The summed E-state index contributed by atoms with van der Waals surface area (Å²) in [5, 5.41) is 0.381. The number of anilines is 2. The number of carbonyl (C=O) groups excluding carboxylic acids is 2. The molecule has 3 saturated heterocycles. The molecule has 0 atom stereocenters. The van der Waals surface area contributed by atoms with Gasteiger partial charge in [0.1, 0.15) is 11.2 Å². The Kier molecular flexibility index (Phi) is 13.4. The summed E-state index contributed by atoms with van der Waals surface area (Å²) in [5.41, 5.74) is -0.212. The van der Waals surface area contributed by atoms with Gasteiger partial charge in [-0.1, -0.05) is 17.7 Å². The molecule has 0 bridgehead atoms. The van der Waals surface area contributed by atoms with Crippen LogP contribution in [0.3, 0.4) is 0 Å². The molecule has 0 spiro atoms. The first-order valence-corrected chi connectivity index (χ1v) is 22.8. The van der Waals surface area contributed by atoms with Crippen molar-refractivity contribution in [3.8, 4) is 0 Å². The molecule has 0 N–H and O–H groups in total. The lowest BCUT2D eigenvalue weighted by atomic mass is 9.79. The summed E-state index contributed by atoms with van der Waals surface area (Å²) in [5.74, 6) is 0. The van der Waals surface area contributed by atoms with Gasteiger partial charge >= 0.3 is 19.3 Å². The Labute approximate surface area is 338 Å². The van der Waals surface area contributed by atoms with Crippen LogP contribution in [0.2, 0.25) is 5.02 Å². The van der Waals surface area contributed by atoms with Gasteiger partial charge in [0.05, 0.1) is 32.4 Å². The van der Waals surface area contributed by atoms with Crippen LogP contribution < -0.4 is 15.3 Å². The van der Waals surface area contributed by atoms with E-state index in [1.165, 1.54) is 18.6 Å². The molecule has 0 aliphatic carbocycles. The van der Waals surface area contributed by atoms with Gasteiger partial charge in [-0.2, -0.15) is 0 Å². The van der Waals surface area contributed by atoms with Crippen LogP contribution in [-0.4, -0.2) is 133 Å². The second kappa shape index (κ2) is 16.5. The van der Waals surface area contributed by atoms with Crippen LogP contribution in [0.25, 0.3) is 0 Å². The highest BCUT2D eigenvalue weighted by Crippen LogP contribution is 2.37. The van der Waals surface area contributed by atoms with E-state index in [1.54, 1.807) is 34.1 Å².